The number of sulfonamides is 1. The second-order valence-corrected chi connectivity index (χ2v) is 8.07. The summed E-state index contributed by atoms with van der Waals surface area (Å²) in [7, 11) is -2.19. The molecule has 1 aromatic heterocycles. The predicted octanol–water partition coefficient (Wildman–Crippen LogP) is 2.01. The van der Waals surface area contributed by atoms with E-state index < -0.39 is 10.0 Å². The molecule has 1 N–H and O–H groups in total. The van der Waals surface area contributed by atoms with Gasteiger partial charge in [-0.15, -0.1) is 0 Å². The van der Waals surface area contributed by atoms with Crippen LogP contribution in [0.4, 0.5) is 5.69 Å². The summed E-state index contributed by atoms with van der Waals surface area (Å²) in [6.45, 7) is 5.83. The van der Waals surface area contributed by atoms with Gasteiger partial charge in [0.05, 0.1) is 12.3 Å². The quantitative estimate of drug-likeness (QED) is 0.835. The van der Waals surface area contributed by atoms with Crippen molar-refractivity contribution in [1.29, 1.82) is 0 Å². The first-order chi connectivity index (χ1) is 12.3. The molecule has 26 heavy (non-hydrogen) atoms. The van der Waals surface area contributed by atoms with E-state index in [2.05, 4.69) is 4.72 Å². The Morgan fingerprint density at radius 3 is 2.73 bits per heavy atom. The highest BCUT2D eigenvalue weighted by Crippen LogP contribution is 2.24. The van der Waals surface area contributed by atoms with E-state index in [1.165, 1.54) is 12.3 Å². The van der Waals surface area contributed by atoms with Crippen molar-refractivity contribution in [1.82, 2.24) is 9.47 Å². The summed E-state index contributed by atoms with van der Waals surface area (Å²) in [6, 6.07) is 6.90. The van der Waals surface area contributed by atoms with Crippen molar-refractivity contribution < 1.29 is 17.9 Å². The number of carbonyl (C=O) groups is 1. The molecule has 2 aromatic rings. The molecule has 0 bridgehead atoms. The fourth-order valence-electron chi connectivity index (χ4n) is 2.97. The summed E-state index contributed by atoms with van der Waals surface area (Å²) < 4.78 is 34.9. The number of aromatic nitrogens is 1. The lowest BCUT2D eigenvalue weighted by molar-refractivity contribution is 0.0641. The van der Waals surface area contributed by atoms with Gasteiger partial charge >= 0.3 is 0 Å². The Morgan fingerprint density at radius 1 is 1.23 bits per heavy atom. The predicted molar refractivity (Wildman–Crippen MR) is 98.9 cm³/mol. The largest absolute Gasteiger partial charge is 0.383 e. The number of amides is 1. The number of methoxy groups -OCH3 is 1. The fraction of sp³-hybridized carbons (Fsp3) is 0.389. The molecule has 0 spiro atoms. The van der Waals surface area contributed by atoms with Crippen LogP contribution >= 0.6 is 0 Å². The Hall–Kier alpha value is -2.32. The number of benzene rings is 1. The average molecular weight is 377 g/mol. The van der Waals surface area contributed by atoms with Crippen LogP contribution < -0.4 is 4.72 Å². The molecule has 0 fully saturated rings. The maximum Gasteiger partial charge on any atom is 0.270 e. The monoisotopic (exact) mass is 377 g/mol. The number of anilines is 1. The molecule has 8 heteroatoms. The van der Waals surface area contributed by atoms with Gasteiger partial charge in [-0.1, -0.05) is 12.1 Å². The van der Waals surface area contributed by atoms with Gasteiger partial charge in [0.2, 0.25) is 0 Å². The minimum absolute atomic E-state index is 0.0929. The number of carbonyl (C=O) groups excluding carboxylic acids is 1. The van der Waals surface area contributed by atoms with Crippen molar-refractivity contribution in [3.8, 4) is 0 Å². The first-order valence-corrected chi connectivity index (χ1v) is 9.89. The highest BCUT2D eigenvalue weighted by molar-refractivity contribution is 7.92. The maximum absolute atomic E-state index is 12.8. The smallest absolute Gasteiger partial charge is 0.270 e. The van der Waals surface area contributed by atoms with E-state index in [9.17, 15) is 13.2 Å². The molecule has 0 saturated carbocycles. The van der Waals surface area contributed by atoms with Gasteiger partial charge in [0.15, 0.2) is 0 Å². The lowest BCUT2D eigenvalue weighted by Crippen LogP contribution is -2.41. The van der Waals surface area contributed by atoms with Crippen molar-refractivity contribution in [2.75, 3.05) is 31.5 Å². The van der Waals surface area contributed by atoms with Gasteiger partial charge in [0.1, 0.15) is 10.6 Å². The van der Waals surface area contributed by atoms with E-state index in [0.29, 0.717) is 37.6 Å². The van der Waals surface area contributed by atoms with Crippen molar-refractivity contribution in [3.05, 3.63) is 47.3 Å². The highest BCUT2D eigenvalue weighted by Gasteiger charge is 2.28. The molecule has 0 unspecified atom stereocenters. The molecule has 140 valence electrons. The molecule has 1 aliphatic rings. The Balaban J connectivity index is 1.87. The van der Waals surface area contributed by atoms with Crippen LogP contribution in [0, 0.1) is 13.8 Å². The second kappa shape index (κ2) is 7.13. The van der Waals surface area contributed by atoms with Crippen molar-refractivity contribution in [3.63, 3.8) is 0 Å². The van der Waals surface area contributed by atoms with Crippen molar-refractivity contribution in [2.45, 2.75) is 25.3 Å². The van der Waals surface area contributed by atoms with Crippen LogP contribution in [0.1, 0.15) is 21.6 Å². The van der Waals surface area contributed by atoms with Gasteiger partial charge < -0.3 is 14.2 Å². The Bertz CT molecular complexity index is 934. The topological polar surface area (TPSA) is 80.6 Å². The number of fused-ring (bicyclic) bond motifs is 1. The molecular formula is C18H23N3O4S. The molecule has 0 aliphatic carbocycles. The third-order valence-electron chi connectivity index (χ3n) is 4.71. The first-order valence-electron chi connectivity index (χ1n) is 8.41. The van der Waals surface area contributed by atoms with Crippen LogP contribution in [0.25, 0.3) is 0 Å². The molecule has 0 radical (unpaired) electrons. The van der Waals surface area contributed by atoms with E-state index in [-0.39, 0.29) is 10.8 Å². The Labute approximate surface area is 153 Å². The minimum Gasteiger partial charge on any atom is -0.383 e. The van der Waals surface area contributed by atoms with Gasteiger partial charge in [0.25, 0.3) is 15.9 Å². The zero-order valence-electron chi connectivity index (χ0n) is 15.2. The lowest BCUT2D eigenvalue weighted by atomic mass is 10.1. The normalized spacial score (nSPS) is 14.4. The average Bonchev–Trinajstić information content (AvgIpc) is 3.04. The summed E-state index contributed by atoms with van der Waals surface area (Å²) >= 11 is 0. The van der Waals surface area contributed by atoms with Crippen LogP contribution in [-0.4, -0.2) is 50.6 Å². The molecule has 3 rings (SSSR count). The summed E-state index contributed by atoms with van der Waals surface area (Å²) in [5.41, 5.74) is 2.81. The number of ether oxygens (including phenoxy) is 1. The van der Waals surface area contributed by atoms with Crippen LogP contribution in [0.15, 0.2) is 35.4 Å². The van der Waals surface area contributed by atoms with Crippen LogP contribution in [0.5, 0.6) is 0 Å². The molecule has 0 atom stereocenters. The number of hydrogen-bond acceptors (Lipinski definition) is 4. The maximum atomic E-state index is 12.8. The van der Waals surface area contributed by atoms with E-state index in [0.717, 1.165) is 11.1 Å². The number of aryl methyl sites for hydroxylation is 1. The number of nitrogens with one attached hydrogen (secondary N) is 1. The van der Waals surface area contributed by atoms with Gasteiger partial charge in [-0.05, 0) is 37.1 Å². The zero-order valence-corrected chi connectivity index (χ0v) is 16.0. The summed E-state index contributed by atoms with van der Waals surface area (Å²) in [6.07, 6.45) is 1.52. The molecule has 2 heterocycles. The molecule has 0 saturated heterocycles. The number of rotatable bonds is 6. The summed E-state index contributed by atoms with van der Waals surface area (Å²) in [5.74, 6) is -0.179. The van der Waals surface area contributed by atoms with Crippen LogP contribution in [-0.2, 0) is 21.3 Å². The molecule has 7 nitrogen and oxygen atoms in total. The fourth-order valence-corrected chi connectivity index (χ4v) is 4.13. The van der Waals surface area contributed by atoms with E-state index in [4.69, 9.17) is 4.74 Å². The summed E-state index contributed by atoms with van der Waals surface area (Å²) in [5, 5.41) is 0. The minimum atomic E-state index is -3.77. The van der Waals surface area contributed by atoms with E-state index in [1.54, 1.807) is 22.6 Å². The highest BCUT2D eigenvalue weighted by atomic mass is 32.2. The molecular weight excluding hydrogens is 354 g/mol. The molecule has 1 aromatic carbocycles. The van der Waals surface area contributed by atoms with Crippen LogP contribution in [0.3, 0.4) is 0 Å². The second-order valence-electron chi connectivity index (χ2n) is 6.39. The Morgan fingerprint density at radius 2 is 2.00 bits per heavy atom. The first kappa shape index (κ1) is 18.5. The number of nitrogens with zero attached hydrogens (tertiary/aromatic N) is 2. The van der Waals surface area contributed by atoms with Crippen molar-refractivity contribution >= 4 is 21.6 Å². The molecule has 1 aliphatic heterocycles. The molecule has 1 amide bonds. The third-order valence-corrected chi connectivity index (χ3v) is 6.05. The van der Waals surface area contributed by atoms with E-state index >= 15 is 0 Å². The number of hydrogen-bond donors (Lipinski definition) is 1. The van der Waals surface area contributed by atoms with Gasteiger partial charge in [-0.2, -0.15) is 0 Å². The van der Waals surface area contributed by atoms with Gasteiger partial charge in [0, 0.05) is 32.9 Å². The third kappa shape index (κ3) is 3.47. The van der Waals surface area contributed by atoms with Crippen LogP contribution in [0.2, 0.25) is 0 Å². The SMILES string of the molecule is COCCN1CCn2cc(S(=O)(=O)Nc3cccc(C)c3C)cc2C1=O. The van der Waals surface area contributed by atoms with Crippen molar-refractivity contribution in [2.24, 2.45) is 0 Å². The lowest BCUT2D eigenvalue weighted by Gasteiger charge is -2.27. The zero-order chi connectivity index (χ0) is 18.9. The summed E-state index contributed by atoms with van der Waals surface area (Å²) in [4.78, 5) is 14.3. The standard InChI is InChI=1S/C18H23N3O4S/c1-13-5-4-6-16(14(13)2)19-26(23,24)15-11-17-18(22)20(9-10-25-3)7-8-21(17)12-15/h4-6,11-12,19H,7-10H2,1-3H3. The Kier molecular flexibility index (Phi) is 5.06. The van der Waals surface area contributed by atoms with Gasteiger partial charge in [-0.3, -0.25) is 9.52 Å². The van der Waals surface area contributed by atoms with Gasteiger partial charge in [-0.25, -0.2) is 8.42 Å². The van der Waals surface area contributed by atoms with E-state index in [1.807, 2.05) is 26.0 Å².